The van der Waals surface area contributed by atoms with Crippen molar-refractivity contribution < 1.29 is 9.53 Å². The Morgan fingerprint density at radius 1 is 1.18 bits per heavy atom. The molecule has 7 nitrogen and oxygen atoms in total. The highest BCUT2D eigenvalue weighted by Crippen LogP contribution is 2.26. The lowest BCUT2D eigenvalue weighted by atomic mass is 10.0. The van der Waals surface area contributed by atoms with Crippen LogP contribution in [0.1, 0.15) is 32.7 Å². The van der Waals surface area contributed by atoms with Crippen molar-refractivity contribution in [2.75, 3.05) is 31.2 Å². The van der Waals surface area contributed by atoms with Crippen LogP contribution < -0.4 is 10.2 Å². The van der Waals surface area contributed by atoms with Crippen LogP contribution in [0.2, 0.25) is 0 Å². The fourth-order valence-corrected chi connectivity index (χ4v) is 3.57. The number of hydrogen-bond acceptors (Lipinski definition) is 5. The Hall–Kier alpha value is -2.93. The third-order valence-electron chi connectivity index (χ3n) is 5.28. The molecule has 0 atom stereocenters. The van der Waals surface area contributed by atoms with Gasteiger partial charge in [0.05, 0.1) is 24.3 Å². The summed E-state index contributed by atoms with van der Waals surface area (Å²) in [5, 5.41) is 4.20. The molecule has 1 aliphatic heterocycles. The van der Waals surface area contributed by atoms with Crippen LogP contribution in [0.5, 0.6) is 0 Å². The number of carbonyl (C=O) groups excluding carboxylic acids is 1. The van der Waals surface area contributed by atoms with Crippen molar-refractivity contribution in [1.82, 2.24) is 20.3 Å². The topological polar surface area (TPSA) is 83.1 Å². The van der Waals surface area contributed by atoms with E-state index in [4.69, 9.17) is 4.74 Å². The number of morpholine rings is 1. The Morgan fingerprint density at radius 3 is 2.61 bits per heavy atom. The first-order valence-electron chi connectivity index (χ1n) is 9.54. The first-order valence-corrected chi connectivity index (χ1v) is 9.54. The monoisotopic (exact) mass is 379 g/mol. The lowest BCUT2D eigenvalue weighted by Crippen LogP contribution is -2.37. The summed E-state index contributed by atoms with van der Waals surface area (Å²) in [4.78, 5) is 26.8. The highest BCUT2D eigenvalue weighted by Gasteiger charge is 2.15. The van der Waals surface area contributed by atoms with Gasteiger partial charge >= 0.3 is 0 Å². The van der Waals surface area contributed by atoms with Gasteiger partial charge in [-0.25, -0.2) is 9.97 Å². The molecule has 1 amide bonds. The minimum Gasteiger partial charge on any atom is -0.378 e. The van der Waals surface area contributed by atoms with Crippen LogP contribution in [0.15, 0.2) is 24.5 Å². The number of nitrogens with one attached hydrogen (secondary N) is 2. The third kappa shape index (κ3) is 3.57. The Bertz CT molecular complexity index is 1000. The van der Waals surface area contributed by atoms with Gasteiger partial charge in [0, 0.05) is 43.1 Å². The number of ether oxygens (including phenoxy) is 1. The quantitative estimate of drug-likeness (QED) is 0.728. The van der Waals surface area contributed by atoms with E-state index in [2.05, 4.69) is 58.1 Å². The van der Waals surface area contributed by atoms with Gasteiger partial charge in [-0.05, 0) is 38.0 Å². The maximum atomic E-state index is 12.6. The highest BCUT2D eigenvalue weighted by atomic mass is 16.5. The Labute approximate surface area is 164 Å². The van der Waals surface area contributed by atoms with E-state index in [9.17, 15) is 4.79 Å². The first-order chi connectivity index (χ1) is 13.5. The lowest BCUT2D eigenvalue weighted by molar-refractivity contribution is 0.0950. The molecular formula is C21H25N5O2. The molecule has 146 valence electrons. The number of aromatic nitrogens is 3. The van der Waals surface area contributed by atoms with Crippen molar-refractivity contribution in [1.29, 1.82) is 0 Å². The summed E-state index contributed by atoms with van der Waals surface area (Å²) in [5.41, 5.74) is 6.20. The fourth-order valence-electron chi connectivity index (χ4n) is 3.57. The molecule has 0 radical (unpaired) electrons. The molecule has 28 heavy (non-hydrogen) atoms. The molecule has 3 heterocycles. The van der Waals surface area contributed by atoms with E-state index in [-0.39, 0.29) is 5.91 Å². The third-order valence-corrected chi connectivity index (χ3v) is 5.28. The number of aromatic amines is 1. The summed E-state index contributed by atoms with van der Waals surface area (Å²) in [6, 6.07) is 4.29. The van der Waals surface area contributed by atoms with E-state index >= 15 is 0 Å². The van der Waals surface area contributed by atoms with E-state index in [1.54, 1.807) is 12.4 Å². The number of nitrogens with zero attached hydrogens (tertiary/aromatic N) is 3. The Morgan fingerprint density at radius 2 is 1.89 bits per heavy atom. The molecule has 3 aromatic rings. The highest BCUT2D eigenvalue weighted by molar-refractivity contribution is 5.94. The molecule has 0 bridgehead atoms. The number of amides is 1. The van der Waals surface area contributed by atoms with Crippen molar-refractivity contribution in [3.63, 3.8) is 0 Å². The molecule has 1 aromatic carbocycles. The zero-order valence-electron chi connectivity index (χ0n) is 16.5. The second kappa shape index (κ2) is 7.59. The minimum absolute atomic E-state index is 0.178. The summed E-state index contributed by atoms with van der Waals surface area (Å²) < 4.78 is 5.34. The number of H-pyrrole nitrogens is 1. The number of hydrogen-bond donors (Lipinski definition) is 2. The van der Waals surface area contributed by atoms with Gasteiger partial charge in [-0.2, -0.15) is 0 Å². The molecule has 4 rings (SSSR count). The van der Waals surface area contributed by atoms with Gasteiger partial charge < -0.3 is 19.9 Å². The molecule has 2 N–H and O–H groups in total. The molecule has 0 aliphatic carbocycles. The second-order valence-corrected chi connectivity index (χ2v) is 7.28. The lowest BCUT2D eigenvalue weighted by Gasteiger charge is -2.26. The first kappa shape index (κ1) is 18.4. The van der Waals surface area contributed by atoms with E-state index < -0.39 is 0 Å². The van der Waals surface area contributed by atoms with Crippen LogP contribution in [-0.2, 0) is 11.3 Å². The van der Waals surface area contributed by atoms with Crippen molar-refractivity contribution in [3.8, 4) is 0 Å². The molecule has 0 spiro atoms. The van der Waals surface area contributed by atoms with Crippen molar-refractivity contribution in [3.05, 3.63) is 52.5 Å². The summed E-state index contributed by atoms with van der Waals surface area (Å²) in [6.45, 7) is 9.59. The molecule has 1 saturated heterocycles. The van der Waals surface area contributed by atoms with Crippen LogP contribution in [0.3, 0.4) is 0 Å². The summed E-state index contributed by atoms with van der Waals surface area (Å²) in [7, 11) is 0. The molecular weight excluding hydrogens is 354 g/mol. The van der Waals surface area contributed by atoms with Crippen molar-refractivity contribution in [2.45, 2.75) is 27.3 Å². The van der Waals surface area contributed by atoms with E-state index in [1.807, 2.05) is 0 Å². The predicted molar refractivity (Wildman–Crippen MR) is 109 cm³/mol. The minimum atomic E-state index is -0.178. The van der Waals surface area contributed by atoms with Gasteiger partial charge in [0.15, 0.2) is 0 Å². The summed E-state index contributed by atoms with van der Waals surface area (Å²) >= 11 is 0. The van der Waals surface area contributed by atoms with Crippen molar-refractivity contribution in [2.24, 2.45) is 0 Å². The van der Waals surface area contributed by atoms with Gasteiger partial charge in [0.2, 0.25) is 5.95 Å². The van der Waals surface area contributed by atoms with Gasteiger partial charge in [0.25, 0.3) is 5.91 Å². The fraction of sp³-hybridized carbons (Fsp3) is 0.381. The van der Waals surface area contributed by atoms with Gasteiger partial charge in [-0.3, -0.25) is 4.79 Å². The SMILES string of the molecule is Cc1cc(CNC(=O)c2cnc(N3CCOCC3)nc2)c2[nH]c(C)c(C)c2c1. The van der Waals surface area contributed by atoms with Crippen LogP contribution in [0.25, 0.3) is 10.9 Å². The molecule has 7 heteroatoms. The van der Waals surface area contributed by atoms with Crippen LogP contribution in [0, 0.1) is 20.8 Å². The maximum absolute atomic E-state index is 12.6. The Balaban J connectivity index is 1.47. The van der Waals surface area contributed by atoms with Gasteiger partial charge in [0.1, 0.15) is 0 Å². The number of rotatable bonds is 4. The number of carbonyl (C=O) groups is 1. The average molecular weight is 379 g/mol. The number of fused-ring (bicyclic) bond motifs is 1. The Kier molecular flexibility index (Phi) is 5.00. The molecule has 1 fully saturated rings. The van der Waals surface area contributed by atoms with Gasteiger partial charge in [-0.15, -0.1) is 0 Å². The second-order valence-electron chi connectivity index (χ2n) is 7.28. The van der Waals surface area contributed by atoms with E-state index in [1.165, 1.54) is 16.5 Å². The van der Waals surface area contributed by atoms with Gasteiger partial charge in [-0.1, -0.05) is 11.6 Å². The van der Waals surface area contributed by atoms with E-state index in [0.29, 0.717) is 31.3 Å². The normalized spacial score (nSPS) is 14.5. The standard InChI is InChI=1S/C21H25N5O2/c1-13-8-16(19-18(9-13)14(2)15(3)25-19)10-22-20(27)17-11-23-21(24-12-17)26-4-6-28-7-5-26/h8-9,11-12,25H,4-7,10H2,1-3H3,(H,22,27). The maximum Gasteiger partial charge on any atom is 0.254 e. The molecule has 0 unspecified atom stereocenters. The summed E-state index contributed by atoms with van der Waals surface area (Å²) in [6.07, 6.45) is 3.17. The number of anilines is 1. The average Bonchev–Trinajstić information content (AvgIpc) is 3.01. The van der Waals surface area contributed by atoms with Crippen LogP contribution in [0.4, 0.5) is 5.95 Å². The van der Waals surface area contributed by atoms with E-state index in [0.717, 1.165) is 29.9 Å². The van der Waals surface area contributed by atoms with Crippen LogP contribution in [-0.4, -0.2) is 47.2 Å². The summed E-state index contributed by atoms with van der Waals surface area (Å²) in [5.74, 6) is 0.459. The molecule has 2 aromatic heterocycles. The molecule has 1 aliphatic rings. The number of aryl methyl sites for hydroxylation is 3. The number of benzene rings is 1. The molecule has 0 saturated carbocycles. The van der Waals surface area contributed by atoms with Crippen molar-refractivity contribution >= 4 is 22.8 Å². The zero-order chi connectivity index (χ0) is 19.7. The largest absolute Gasteiger partial charge is 0.378 e. The predicted octanol–water partition coefficient (Wildman–Crippen LogP) is 2.65. The smallest absolute Gasteiger partial charge is 0.254 e. The van der Waals surface area contributed by atoms with Crippen LogP contribution >= 0.6 is 0 Å². The zero-order valence-corrected chi connectivity index (χ0v) is 16.5.